The molecule has 4 heteroatoms. The Bertz CT molecular complexity index is 359. The number of aliphatic hydroxyl groups excluding tert-OH is 1. The summed E-state index contributed by atoms with van der Waals surface area (Å²) >= 11 is 0. The van der Waals surface area contributed by atoms with Gasteiger partial charge < -0.3 is 15.3 Å². The summed E-state index contributed by atoms with van der Waals surface area (Å²) in [4.78, 5) is 2.04. The zero-order valence-corrected chi connectivity index (χ0v) is 9.36. The highest BCUT2D eigenvalue weighted by Crippen LogP contribution is 2.19. The monoisotopic (exact) mass is 224 g/mol. The van der Waals surface area contributed by atoms with Crippen molar-refractivity contribution in [3.63, 3.8) is 0 Å². The van der Waals surface area contributed by atoms with Crippen molar-refractivity contribution < 1.29 is 9.50 Å². The van der Waals surface area contributed by atoms with Gasteiger partial charge in [0.1, 0.15) is 5.82 Å². The molecule has 0 bridgehead atoms. The van der Waals surface area contributed by atoms with Crippen molar-refractivity contribution in [2.75, 3.05) is 24.5 Å². The van der Waals surface area contributed by atoms with E-state index in [0.29, 0.717) is 13.1 Å². The number of hydrogen-bond acceptors (Lipinski definition) is 3. The van der Waals surface area contributed by atoms with E-state index in [9.17, 15) is 9.50 Å². The summed E-state index contributed by atoms with van der Waals surface area (Å²) in [7, 11) is 0. The van der Waals surface area contributed by atoms with Crippen molar-refractivity contribution in [3.05, 3.63) is 30.1 Å². The molecule has 1 saturated heterocycles. The summed E-state index contributed by atoms with van der Waals surface area (Å²) < 4.78 is 13.1. The summed E-state index contributed by atoms with van der Waals surface area (Å²) in [5.74, 6) is -0.239. The molecule has 0 radical (unpaired) electrons. The quantitative estimate of drug-likeness (QED) is 0.746. The van der Waals surface area contributed by atoms with Crippen LogP contribution in [0.15, 0.2) is 24.3 Å². The normalized spacial score (nSPS) is 26.6. The molecule has 0 amide bonds. The fourth-order valence-electron chi connectivity index (χ4n) is 2.06. The predicted molar refractivity (Wildman–Crippen MR) is 62.1 cm³/mol. The van der Waals surface area contributed by atoms with Gasteiger partial charge in [-0.1, -0.05) is 6.07 Å². The van der Waals surface area contributed by atoms with Gasteiger partial charge in [0.05, 0.1) is 6.10 Å². The first-order valence-electron chi connectivity index (χ1n) is 5.58. The highest BCUT2D eigenvalue weighted by Gasteiger charge is 2.21. The van der Waals surface area contributed by atoms with Crippen LogP contribution < -0.4 is 10.2 Å². The van der Waals surface area contributed by atoms with Gasteiger partial charge in [-0.3, -0.25) is 0 Å². The number of β-amino-alcohol motifs (C(OH)–C–C–N with tert-alkyl or cyclic N) is 1. The van der Waals surface area contributed by atoms with Crippen LogP contribution >= 0.6 is 0 Å². The van der Waals surface area contributed by atoms with Crippen LogP contribution in [-0.4, -0.2) is 36.9 Å². The van der Waals surface area contributed by atoms with Crippen molar-refractivity contribution >= 4 is 5.69 Å². The third kappa shape index (κ3) is 2.51. The molecule has 1 aliphatic heterocycles. The Hall–Kier alpha value is -1.13. The zero-order chi connectivity index (χ0) is 11.5. The van der Waals surface area contributed by atoms with E-state index in [1.54, 1.807) is 6.07 Å². The lowest BCUT2D eigenvalue weighted by Gasteiger charge is -2.30. The lowest BCUT2D eigenvalue weighted by Crippen LogP contribution is -2.39. The number of rotatable bonds is 1. The van der Waals surface area contributed by atoms with Gasteiger partial charge >= 0.3 is 0 Å². The Balaban J connectivity index is 2.22. The fraction of sp³-hybridized carbons (Fsp3) is 0.500. The smallest absolute Gasteiger partial charge is 0.125 e. The van der Waals surface area contributed by atoms with Crippen molar-refractivity contribution in [2.24, 2.45) is 0 Å². The number of nitrogens with one attached hydrogen (secondary N) is 1. The van der Waals surface area contributed by atoms with E-state index in [2.05, 4.69) is 12.2 Å². The van der Waals surface area contributed by atoms with E-state index < -0.39 is 6.10 Å². The van der Waals surface area contributed by atoms with E-state index in [-0.39, 0.29) is 11.9 Å². The molecule has 1 heterocycles. The third-order valence-electron chi connectivity index (χ3n) is 2.90. The molecule has 0 aliphatic carbocycles. The topological polar surface area (TPSA) is 35.5 Å². The number of aliphatic hydroxyl groups is 1. The largest absolute Gasteiger partial charge is 0.390 e. The number of benzene rings is 1. The molecule has 1 aliphatic rings. The molecule has 0 spiro atoms. The average Bonchev–Trinajstić information content (AvgIpc) is 2.41. The number of anilines is 1. The van der Waals surface area contributed by atoms with Gasteiger partial charge in [-0.25, -0.2) is 4.39 Å². The number of halogens is 1. The Morgan fingerprint density at radius 3 is 3.00 bits per heavy atom. The minimum Gasteiger partial charge on any atom is -0.390 e. The summed E-state index contributed by atoms with van der Waals surface area (Å²) in [5.41, 5.74) is 0.829. The molecule has 3 nitrogen and oxygen atoms in total. The highest BCUT2D eigenvalue weighted by atomic mass is 19.1. The predicted octanol–water partition coefficient (Wildman–Crippen LogP) is 0.985. The van der Waals surface area contributed by atoms with E-state index >= 15 is 0 Å². The first-order valence-corrected chi connectivity index (χ1v) is 5.58. The van der Waals surface area contributed by atoms with Crippen LogP contribution in [0, 0.1) is 5.82 Å². The molecular formula is C12H17FN2O. The minimum absolute atomic E-state index is 0.239. The van der Waals surface area contributed by atoms with Crippen LogP contribution in [0.1, 0.15) is 6.92 Å². The maximum absolute atomic E-state index is 13.1. The summed E-state index contributed by atoms with van der Waals surface area (Å²) in [6, 6.07) is 6.76. The van der Waals surface area contributed by atoms with Gasteiger partial charge in [-0.05, 0) is 25.1 Å². The molecule has 0 saturated carbocycles. The first kappa shape index (κ1) is 11.4. The Morgan fingerprint density at radius 2 is 2.25 bits per heavy atom. The molecular weight excluding hydrogens is 207 g/mol. The van der Waals surface area contributed by atoms with Crippen LogP contribution in [0.25, 0.3) is 0 Å². The number of hydrogen-bond donors (Lipinski definition) is 2. The summed E-state index contributed by atoms with van der Waals surface area (Å²) in [6.07, 6.45) is -0.409. The summed E-state index contributed by atoms with van der Waals surface area (Å²) in [5, 5.41) is 12.9. The third-order valence-corrected chi connectivity index (χ3v) is 2.90. The second-order valence-corrected chi connectivity index (χ2v) is 4.29. The van der Waals surface area contributed by atoms with Gasteiger partial charge in [0, 0.05) is 31.4 Å². The molecule has 1 aromatic rings. The van der Waals surface area contributed by atoms with Gasteiger partial charge in [0.25, 0.3) is 0 Å². The molecule has 2 unspecified atom stereocenters. The second kappa shape index (κ2) is 4.80. The highest BCUT2D eigenvalue weighted by molar-refractivity contribution is 5.47. The van der Waals surface area contributed by atoms with Crippen molar-refractivity contribution in [3.8, 4) is 0 Å². The van der Waals surface area contributed by atoms with Gasteiger partial charge in [0.15, 0.2) is 0 Å². The zero-order valence-electron chi connectivity index (χ0n) is 9.36. The molecule has 0 aromatic heterocycles. The fourth-order valence-corrected chi connectivity index (χ4v) is 2.06. The van der Waals surface area contributed by atoms with Crippen LogP contribution in [0.5, 0.6) is 0 Å². The van der Waals surface area contributed by atoms with Crippen LogP contribution in [0.3, 0.4) is 0 Å². The van der Waals surface area contributed by atoms with E-state index in [0.717, 1.165) is 12.2 Å². The standard InChI is InChI=1S/C12H17FN2O/c1-9-6-14-7-12(16)8-15(9)11-4-2-3-10(13)5-11/h2-5,9,12,14,16H,6-8H2,1H3. The molecule has 1 aromatic carbocycles. The van der Waals surface area contributed by atoms with Crippen molar-refractivity contribution in [2.45, 2.75) is 19.1 Å². The Kier molecular flexibility index (Phi) is 3.41. The first-order chi connectivity index (χ1) is 7.66. The molecule has 16 heavy (non-hydrogen) atoms. The molecule has 2 N–H and O–H groups in total. The summed E-state index contributed by atoms with van der Waals surface area (Å²) in [6.45, 7) is 4.00. The van der Waals surface area contributed by atoms with Crippen molar-refractivity contribution in [1.29, 1.82) is 0 Å². The van der Waals surface area contributed by atoms with Gasteiger partial charge in [-0.2, -0.15) is 0 Å². The molecule has 88 valence electrons. The SMILES string of the molecule is CC1CNCC(O)CN1c1cccc(F)c1. The van der Waals surface area contributed by atoms with Gasteiger partial charge in [-0.15, -0.1) is 0 Å². The van der Waals surface area contributed by atoms with Crippen molar-refractivity contribution in [1.82, 2.24) is 5.32 Å². The maximum atomic E-state index is 13.1. The van der Waals surface area contributed by atoms with Crippen LogP contribution in [-0.2, 0) is 0 Å². The lowest BCUT2D eigenvalue weighted by atomic mass is 10.2. The minimum atomic E-state index is -0.409. The molecule has 2 rings (SSSR count). The van der Waals surface area contributed by atoms with Crippen LogP contribution in [0.2, 0.25) is 0 Å². The van der Waals surface area contributed by atoms with E-state index in [1.807, 2.05) is 11.0 Å². The van der Waals surface area contributed by atoms with E-state index in [1.165, 1.54) is 12.1 Å². The molecule has 1 fully saturated rings. The average molecular weight is 224 g/mol. The lowest BCUT2D eigenvalue weighted by molar-refractivity contribution is 0.184. The van der Waals surface area contributed by atoms with E-state index in [4.69, 9.17) is 0 Å². The Morgan fingerprint density at radius 1 is 1.44 bits per heavy atom. The van der Waals surface area contributed by atoms with Gasteiger partial charge in [0.2, 0.25) is 0 Å². The second-order valence-electron chi connectivity index (χ2n) is 4.29. The molecule has 2 atom stereocenters. The maximum Gasteiger partial charge on any atom is 0.125 e. The van der Waals surface area contributed by atoms with Crippen LogP contribution in [0.4, 0.5) is 10.1 Å². The number of nitrogens with zero attached hydrogens (tertiary/aromatic N) is 1. The Labute approximate surface area is 94.9 Å².